The molecule has 1 aromatic carbocycles. The summed E-state index contributed by atoms with van der Waals surface area (Å²) in [6.07, 6.45) is -7.56. The Bertz CT molecular complexity index is 1010. The topological polar surface area (TPSA) is 61.8 Å². The fourth-order valence-corrected chi connectivity index (χ4v) is 8.75. The van der Waals surface area contributed by atoms with Crippen LogP contribution in [-0.2, 0) is 23.1 Å². The normalized spacial score (nSPS) is 14.1. The number of hydrogen-bond donors (Lipinski definition) is 0. The monoisotopic (exact) mass is 608 g/mol. The average molecular weight is 609 g/mol. The summed E-state index contributed by atoms with van der Waals surface area (Å²) in [5.41, 5.74) is 0.902. The molecule has 0 aromatic heterocycles. The molecule has 14 heteroatoms. The van der Waals surface area contributed by atoms with Crippen LogP contribution >= 0.6 is 19.2 Å². The van der Waals surface area contributed by atoms with Gasteiger partial charge in [0.15, 0.2) is 13.2 Å². The van der Waals surface area contributed by atoms with Crippen molar-refractivity contribution in [2.45, 2.75) is 64.2 Å². The minimum absolute atomic E-state index is 0.292. The Hall–Kier alpha value is -1.59. The predicted octanol–water partition coefficient (Wildman–Crippen LogP) is 9.03. The minimum atomic E-state index is -5.47. The van der Waals surface area contributed by atoms with Gasteiger partial charge in [-0.2, -0.15) is 26.3 Å². The van der Waals surface area contributed by atoms with Gasteiger partial charge >= 0.3 is 25.9 Å². The highest BCUT2D eigenvalue weighted by molar-refractivity contribution is 7.60. The SMILES string of the molecule is CCOC(=O)/C(=C\C(=C/c1cccc(Cl)c1)C[Si](CC)(CC)CC)P(=O)(OCC(F)(F)F)OCC(F)(F)F. The maximum atomic E-state index is 13.5. The lowest BCUT2D eigenvalue weighted by molar-refractivity contribution is -0.165. The molecule has 0 N–H and O–H groups in total. The van der Waals surface area contributed by atoms with Crippen LogP contribution in [0.5, 0.6) is 0 Å². The lowest BCUT2D eigenvalue weighted by Gasteiger charge is -2.29. The Morgan fingerprint density at radius 3 is 1.92 bits per heavy atom. The second-order valence-corrected chi connectivity index (χ2v) is 16.4. The van der Waals surface area contributed by atoms with E-state index in [1.165, 1.54) is 6.92 Å². The van der Waals surface area contributed by atoms with Crippen LogP contribution in [0.3, 0.4) is 0 Å². The molecule has 1 rings (SSSR count). The van der Waals surface area contributed by atoms with Crippen LogP contribution < -0.4 is 0 Å². The predicted molar refractivity (Wildman–Crippen MR) is 138 cm³/mol. The van der Waals surface area contributed by atoms with Gasteiger partial charge in [0.25, 0.3) is 0 Å². The van der Waals surface area contributed by atoms with Crippen molar-refractivity contribution in [3.05, 3.63) is 51.8 Å². The minimum Gasteiger partial charge on any atom is -0.462 e. The molecular weight excluding hydrogens is 577 g/mol. The van der Waals surface area contributed by atoms with Gasteiger partial charge in [0, 0.05) is 5.02 Å². The molecule has 216 valence electrons. The van der Waals surface area contributed by atoms with Gasteiger partial charge < -0.3 is 4.74 Å². The molecule has 0 spiro atoms. The summed E-state index contributed by atoms with van der Waals surface area (Å²) in [5, 5.41) is -0.669. The van der Waals surface area contributed by atoms with Crippen LogP contribution in [0.15, 0.2) is 41.2 Å². The molecule has 0 aliphatic carbocycles. The third-order valence-electron chi connectivity index (χ3n) is 5.93. The number of allylic oxidation sites excluding steroid dienone is 2. The largest absolute Gasteiger partial charge is 0.462 e. The summed E-state index contributed by atoms with van der Waals surface area (Å²) >= 11 is 6.07. The second-order valence-electron chi connectivity index (χ2n) is 8.54. The van der Waals surface area contributed by atoms with Crippen molar-refractivity contribution in [2.75, 3.05) is 19.8 Å². The molecule has 0 heterocycles. The third kappa shape index (κ3) is 11.7. The molecule has 0 atom stereocenters. The number of ether oxygens (including phenoxy) is 1. The zero-order chi connectivity index (χ0) is 29.2. The van der Waals surface area contributed by atoms with Gasteiger partial charge in [-0.1, -0.05) is 68.7 Å². The number of rotatable bonds is 14. The van der Waals surface area contributed by atoms with Gasteiger partial charge in [0.1, 0.15) is 5.31 Å². The maximum absolute atomic E-state index is 13.5. The molecular formula is C24H32ClF6O5PSi. The van der Waals surface area contributed by atoms with E-state index in [9.17, 15) is 35.7 Å². The number of hydrogen-bond acceptors (Lipinski definition) is 5. The third-order valence-corrected chi connectivity index (χ3v) is 13.7. The summed E-state index contributed by atoms with van der Waals surface area (Å²) in [5.74, 6) is -1.41. The van der Waals surface area contributed by atoms with Gasteiger partial charge in [-0.15, -0.1) is 0 Å². The molecule has 0 bridgehead atoms. The van der Waals surface area contributed by atoms with E-state index in [1.807, 2.05) is 20.8 Å². The van der Waals surface area contributed by atoms with Crippen molar-refractivity contribution in [3.8, 4) is 0 Å². The maximum Gasteiger partial charge on any atom is 0.412 e. The van der Waals surface area contributed by atoms with Gasteiger partial charge in [0.2, 0.25) is 0 Å². The summed E-state index contributed by atoms with van der Waals surface area (Å²) < 4.78 is 105. The van der Waals surface area contributed by atoms with Crippen molar-refractivity contribution in [2.24, 2.45) is 0 Å². The van der Waals surface area contributed by atoms with Crippen molar-refractivity contribution < 1.29 is 49.5 Å². The number of alkyl halides is 6. The van der Waals surface area contributed by atoms with E-state index in [2.05, 4.69) is 9.05 Å². The van der Waals surface area contributed by atoms with Crippen molar-refractivity contribution in [1.29, 1.82) is 0 Å². The second kappa shape index (κ2) is 14.7. The highest BCUT2D eigenvalue weighted by Gasteiger charge is 2.44. The van der Waals surface area contributed by atoms with E-state index >= 15 is 0 Å². The molecule has 0 saturated heterocycles. The molecule has 0 amide bonds. The Kier molecular flexibility index (Phi) is 13.3. The number of esters is 1. The van der Waals surface area contributed by atoms with Crippen LogP contribution in [0.1, 0.15) is 33.3 Å². The molecule has 0 radical (unpaired) electrons. The Morgan fingerprint density at radius 2 is 1.50 bits per heavy atom. The average Bonchev–Trinajstić information content (AvgIpc) is 2.82. The van der Waals surface area contributed by atoms with E-state index in [0.29, 0.717) is 22.2 Å². The number of benzene rings is 1. The molecule has 1 aromatic rings. The van der Waals surface area contributed by atoms with E-state index in [1.54, 1.807) is 30.3 Å². The van der Waals surface area contributed by atoms with E-state index in [0.717, 1.165) is 24.2 Å². The van der Waals surface area contributed by atoms with Crippen LogP contribution in [0.4, 0.5) is 26.3 Å². The first-order chi connectivity index (χ1) is 17.5. The Balaban J connectivity index is 3.86. The summed E-state index contributed by atoms with van der Waals surface area (Å²) in [6.45, 7) is 2.66. The van der Waals surface area contributed by atoms with Gasteiger partial charge in [-0.05, 0) is 42.3 Å². The molecule has 5 nitrogen and oxygen atoms in total. The van der Waals surface area contributed by atoms with E-state index in [4.69, 9.17) is 16.3 Å². The number of carbonyl (C=O) groups excluding carboxylic acids is 1. The van der Waals surface area contributed by atoms with Gasteiger partial charge in [-0.3, -0.25) is 13.6 Å². The summed E-state index contributed by atoms with van der Waals surface area (Å²) in [6, 6.07) is 9.34. The summed E-state index contributed by atoms with van der Waals surface area (Å²) in [7, 11) is -7.53. The fourth-order valence-electron chi connectivity index (χ4n) is 3.64. The molecule has 0 unspecified atom stereocenters. The first-order valence-electron chi connectivity index (χ1n) is 11.9. The van der Waals surface area contributed by atoms with E-state index in [-0.39, 0.29) is 6.61 Å². The zero-order valence-electron chi connectivity index (χ0n) is 21.5. The lowest BCUT2D eigenvalue weighted by atomic mass is 10.1. The van der Waals surface area contributed by atoms with Crippen LogP contribution in [-0.4, -0.2) is 46.2 Å². The molecule has 0 aliphatic heterocycles. The number of carbonyl (C=O) groups is 1. The molecule has 0 aliphatic rings. The molecule has 38 heavy (non-hydrogen) atoms. The van der Waals surface area contributed by atoms with Crippen LogP contribution in [0, 0.1) is 0 Å². The first-order valence-corrected chi connectivity index (χ1v) is 16.6. The fraction of sp³-hybridized carbons (Fsp3) is 0.542. The van der Waals surface area contributed by atoms with Crippen molar-refractivity contribution in [3.63, 3.8) is 0 Å². The zero-order valence-corrected chi connectivity index (χ0v) is 24.2. The molecule has 0 fully saturated rings. The summed E-state index contributed by atoms with van der Waals surface area (Å²) in [4.78, 5) is 12.8. The van der Waals surface area contributed by atoms with Crippen LogP contribution in [0.2, 0.25) is 29.2 Å². The smallest absolute Gasteiger partial charge is 0.412 e. The van der Waals surface area contributed by atoms with Gasteiger partial charge in [0.05, 0.1) is 14.7 Å². The van der Waals surface area contributed by atoms with Crippen molar-refractivity contribution in [1.82, 2.24) is 0 Å². The number of halogens is 7. The highest BCUT2D eigenvalue weighted by atomic mass is 35.5. The van der Waals surface area contributed by atoms with Crippen LogP contribution in [0.25, 0.3) is 6.08 Å². The van der Waals surface area contributed by atoms with E-state index < -0.39 is 52.5 Å². The quantitative estimate of drug-likeness (QED) is 0.0527. The van der Waals surface area contributed by atoms with Crippen molar-refractivity contribution >= 4 is 39.3 Å². The van der Waals surface area contributed by atoms with Gasteiger partial charge in [-0.25, -0.2) is 4.79 Å². The lowest BCUT2D eigenvalue weighted by Crippen LogP contribution is -2.31. The first kappa shape index (κ1) is 34.4. The standard InChI is InChI=1S/C24H32ClF6O5PSi/c1-5-34-22(32)21(37(33,35-16-23(26,27)28)36-17-24(29,30)31)14-19(15-38(6-2,7-3)8-4)12-18-10-9-11-20(25)13-18/h9-14H,5-8,15-17H2,1-4H3/b19-12+,21-14+. The Labute approximate surface area is 224 Å². The Morgan fingerprint density at radius 1 is 0.974 bits per heavy atom. The highest BCUT2D eigenvalue weighted by Crippen LogP contribution is 2.58. The molecule has 0 saturated carbocycles.